The first-order chi connectivity index (χ1) is 23.1. The summed E-state index contributed by atoms with van der Waals surface area (Å²) in [5.41, 5.74) is 12.3. The van der Waals surface area contributed by atoms with Crippen LogP contribution in [0.5, 0.6) is 0 Å². The third kappa shape index (κ3) is 4.40. The molecule has 1 heterocycles. The topological polar surface area (TPSA) is 25.8 Å². The molecule has 9 rings (SSSR count). The lowest BCUT2D eigenvalue weighted by Crippen LogP contribution is -2.17. The maximum absolute atomic E-state index is 5.48. The fraction of sp³-hybridized carbons (Fsp3) is 0.0667. The average Bonchev–Trinajstić information content (AvgIpc) is 3.37. The van der Waals surface area contributed by atoms with Crippen molar-refractivity contribution in [3.63, 3.8) is 0 Å². The normalized spacial score (nSPS) is 13.1. The van der Waals surface area contributed by atoms with Crippen LogP contribution in [-0.2, 0) is 5.41 Å². The molecule has 0 aliphatic heterocycles. The fourth-order valence-corrected chi connectivity index (χ4v) is 7.52. The summed E-state index contributed by atoms with van der Waals surface area (Å²) in [4.78, 5) is 10.9. The number of fused-ring (bicyclic) bond motifs is 6. The van der Waals surface area contributed by atoms with Crippen LogP contribution in [0.1, 0.15) is 25.0 Å². The minimum Gasteiger partial charge on any atom is -0.228 e. The summed E-state index contributed by atoms with van der Waals surface area (Å²) in [6.45, 7) is 4.65. The van der Waals surface area contributed by atoms with Gasteiger partial charge in [-0.15, -0.1) is 0 Å². The molecule has 1 aromatic heterocycles. The van der Waals surface area contributed by atoms with Crippen LogP contribution in [0.3, 0.4) is 0 Å². The minimum absolute atomic E-state index is 0.279. The van der Waals surface area contributed by atoms with Crippen molar-refractivity contribution in [2.24, 2.45) is 0 Å². The molecular weight excluding hydrogens is 569 g/mol. The van der Waals surface area contributed by atoms with E-state index < -0.39 is 0 Å². The van der Waals surface area contributed by atoms with E-state index in [0.29, 0.717) is 0 Å². The van der Waals surface area contributed by atoms with Crippen LogP contribution >= 0.6 is 0 Å². The van der Waals surface area contributed by atoms with Gasteiger partial charge >= 0.3 is 0 Å². The Morgan fingerprint density at radius 1 is 0.426 bits per heavy atom. The van der Waals surface area contributed by atoms with E-state index in [0.717, 1.165) is 33.9 Å². The molecule has 2 nitrogen and oxygen atoms in total. The van der Waals surface area contributed by atoms with E-state index in [1.54, 1.807) is 0 Å². The van der Waals surface area contributed by atoms with Crippen LogP contribution in [-0.4, -0.2) is 9.97 Å². The zero-order valence-corrected chi connectivity index (χ0v) is 26.4. The molecule has 0 radical (unpaired) electrons. The highest BCUT2D eigenvalue weighted by Gasteiger charge is 2.41. The van der Waals surface area contributed by atoms with Crippen LogP contribution in [0.25, 0.3) is 77.7 Å². The number of rotatable bonds is 4. The number of aromatic nitrogens is 2. The van der Waals surface area contributed by atoms with E-state index in [-0.39, 0.29) is 5.41 Å². The molecule has 8 aromatic rings. The van der Waals surface area contributed by atoms with Crippen LogP contribution in [0, 0.1) is 0 Å². The van der Waals surface area contributed by atoms with Crippen LogP contribution in [0.4, 0.5) is 0 Å². The molecule has 0 amide bonds. The van der Waals surface area contributed by atoms with Crippen LogP contribution in [0.2, 0.25) is 0 Å². The first-order valence-electron chi connectivity index (χ1n) is 16.3. The lowest BCUT2D eigenvalue weighted by molar-refractivity contribution is 0.658. The Morgan fingerprint density at radius 3 is 1.72 bits per heavy atom. The van der Waals surface area contributed by atoms with Crippen molar-refractivity contribution in [1.82, 2.24) is 9.97 Å². The van der Waals surface area contributed by atoms with Crippen LogP contribution < -0.4 is 0 Å². The molecule has 0 bridgehead atoms. The van der Waals surface area contributed by atoms with Gasteiger partial charge in [-0.25, -0.2) is 9.97 Å². The number of hydrogen-bond donors (Lipinski definition) is 0. The summed E-state index contributed by atoms with van der Waals surface area (Å²) in [5, 5.41) is 4.86. The van der Waals surface area contributed by atoms with Crippen molar-refractivity contribution in [3.05, 3.63) is 169 Å². The van der Waals surface area contributed by atoms with Crippen molar-refractivity contribution < 1.29 is 0 Å². The second kappa shape index (κ2) is 10.6. The molecule has 2 heteroatoms. The Labute approximate surface area is 275 Å². The highest BCUT2D eigenvalue weighted by Crippen LogP contribution is 2.54. The fourth-order valence-electron chi connectivity index (χ4n) is 7.52. The predicted octanol–water partition coefficient (Wildman–Crippen LogP) is 11.8. The summed E-state index contributed by atoms with van der Waals surface area (Å²) >= 11 is 0. The van der Waals surface area contributed by atoms with Gasteiger partial charge in [0.05, 0.1) is 11.4 Å². The van der Waals surface area contributed by atoms with E-state index in [1.165, 1.54) is 54.9 Å². The zero-order valence-electron chi connectivity index (χ0n) is 26.4. The molecule has 1 aliphatic rings. The molecule has 0 saturated carbocycles. The smallest absolute Gasteiger partial charge is 0.160 e. The van der Waals surface area contributed by atoms with Gasteiger partial charge in [-0.1, -0.05) is 159 Å². The maximum Gasteiger partial charge on any atom is 0.160 e. The third-order valence-corrected chi connectivity index (χ3v) is 9.84. The quantitative estimate of drug-likeness (QED) is 0.201. The minimum atomic E-state index is -0.279. The molecule has 222 valence electrons. The molecular formula is C45H32N2. The van der Waals surface area contributed by atoms with Crippen molar-refractivity contribution in [1.29, 1.82) is 0 Å². The van der Waals surface area contributed by atoms with Gasteiger partial charge in [0.2, 0.25) is 0 Å². The average molecular weight is 601 g/mol. The molecule has 0 unspecified atom stereocenters. The molecule has 47 heavy (non-hydrogen) atoms. The third-order valence-electron chi connectivity index (χ3n) is 9.84. The monoisotopic (exact) mass is 600 g/mol. The summed E-state index contributed by atoms with van der Waals surface area (Å²) < 4.78 is 0. The maximum atomic E-state index is 5.48. The second-order valence-electron chi connectivity index (χ2n) is 13.0. The molecule has 0 spiro atoms. The lowest BCUT2D eigenvalue weighted by Gasteiger charge is -2.24. The van der Waals surface area contributed by atoms with Gasteiger partial charge in [0.25, 0.3) is 0 Å². The highest BCUT2D eigenvalue weighted by molar-refractivity contribution is 6.05. The van der Waals surface area contributed by atoms with Gasteiger partial charge < -0.3 is 0 Å². The van der Waals surface area contributed by atoms with Gasteiger partial charge in [-0.2, -0.15) is 0 Å². The van der Waals surface area contributed by atoms with Gasteiger partial charge in [0.15, 0.2) is 5.82 Å². The Hall–Kier alpha value is -5.86. The molecule has 0 atom stereocenters. The van der Waals surface area contributed by atoms with E-state index in [2.05, 4.69) is 172 Å². The standard InChI is InChI=1S/C45H32N2/c1-45(2)39-26-25-31-16-7-9-23-37(31)40(39)43-41(45)42(38-24-12-17-30-15-6-8-22-36(30)38)46-44(47-43)35-21-11-20-34(28-35)33-19-10-18-32(27-33)29-13-4-3-5-14-29/h3-28H,1-2H3. The largest absolute Gasteiger partial charge is 0.228 e. The Bertz CT molecular complexity index is 2490. The van der Waals surface area contributed by atoms with Gasteiger partial charge in [0.1, 0.15) is 0 Å². The molecule has 7 aromatic carbocycles. The molecule has 0 saturated heterocycles. The van der Waals surface area contributed by atoms with E-state index in [1.807, 2.05) is 0 Å². The summed E-state index contributed by atoms with van der Waals surface area (Å²) in [6, 6.07) is 56.4. The second-order valence-corrected chi connectivity index (χ2v) is 13.0. The summed E-state index contributed by atoms with van der Waals surface area (Å²) in [7, 11) is 0. The number of nitrogens with zero attached hydrogens (tertiary/aromatic N) is 2. The molecule has 0 N–H and O–H groups in total. The lowest BCUT2D eigenvalue weighted by atomic mass is 9.80. The van der Waals surface area contributed by atoms with Crippen molar-refractivity contribution in [3.8, 4) is 56.2 Å². The van der Waals surface area contributed by atoms with E-state index in [9.17, 15) is 0 Å². The molecule has 0 fully saturated rings. The van der Waals surface area contributed by atoms with E-state index >= 15 is 0 Å². The highest BCUT2D eigenvalue weighted by atomic mass is 14.9. The van der Waals surface area contributed by atoms with Crippen molar-refractivity contribution in [2.45, 2.75) is 19.3 Å². The Kier molecular flexibility index (Phi) is 6.20. The first kappa shape index (κ1) is 27.5. The van der Waals surface area contributed by atoms with Crippen molar-refractivity contribution in [2.75, 3.05) is 0 Å². The Morgan fingerprint density at radius 2 is 0.957 bits per heavy atom. The predicted molar refractivity (Wildman–Crippen MR) is 196 cm³/mol. The summed E-state index contributed by atoms with van der Waals surface area (Å²) in [5.74, 6) is 0.740. The van der Waals surface area contributed by atoms with Gasteiger partial charge in [0, 0.05) is 27.7 Å². The SMILES string of the molecule is CC1(C)c2ccc3ccccc3c2-c2nc(-c3cccc(-c4cccc(-c5ccccc5)c4)c3)nc(-c3cccc4ccccc34)c21. The van der Waals surface area contributed by atoms with Gasteiger partial charge in [-0.3, -0.25) is 0 Å². The number of benzene rings is 7. The summed E-state index contributed by atoms with van der Waals surface area (Å²) in [6.07, 6.45) is 0. The van der Waals surface area contributed by atoms with Gasteiger partial charge in [-0.05, 0) is 61.5 Å². The van der Waals surface area contributed by atoms with Crippen LogP contribution in [0.15, 0.2) is 158 Å². The Balaban J connectivity index is 1.30. The molecule has 1 aliphatic carbocycles. The number of hydrogen-bond acceptors (Lipinski definition) is 2. The first-order valence-corrected chi connectivity index (χ1v) is 16.3. The zero-order chi connectivity index (χ0) is 31.5. The van der Waals surface area contributed by atoms with Crippen molar-refractivity contribution >= 4 is 21.5 Å². The van der Waals surface area contributed by atoms with E-state index in [4.69, 9.17) is 9.97 Å².